The fraction of sp³-hybridized carbons (Fsp3) is 0. The van der Waals surface area contributed by atoms with Gasteiger partial charge in [-0.25, -0.2) is 8.88 Å². The first-order valence-electron chi connectivity index (χ1n) is 2.06. The highest BCUT2D eigenvalue weighted by atomic mass is 32.5. The van der Waals surface area contributed by atoms with Crippen molar-refractivity contribution in [1.29, 1.82) is 0 Å². The van der Waals surface area contributed by atoms with Crippen LogP contribution in [-0.2, 0) is 29.6 Å². The Labute approximate surface area is 72.6 Å². The van der Waals surface area contributed by atoms with Crippen LogP contribution in [0.15, 0.2) is 0 Å². The summed E-state index contributed by atoms with van der Waals surface area (Å²) in [5.41, 5.74) is 0. The molecule has 0 radical (unpaired) electrons. The van der Waals surface area contributed by atoms with Crippen molar-refractivity contribution >= 4 is 34.6 Å². The minimum absolute atomic E-state index is 3.30. The lowest BCUT2D eigenvalue weighted by atomic mass is 15.7. The second-order valence-corrected chi connectivity index (χ2v) is 6.44. The maximum atomic E-state index is 10.4. The number of phosphoric acid groups is 1. The normalized spacial score (nSPS) is 18.5. The molecule has 72 valence electrons. The first kappa shape index (κ1) is 12.7. The third-order valence-electron chi connectivity index (χ3n) is 0.379. The summed E-state index contributed by atoms with van der Waals surface area (Å²) in [6, 6.07) is 0. The second-order valence-electron chi connectivity index (χ2n) is 1.35. The van der Waals surface area contributed by atoms with Crippen LogP contribution in [-0.4, -0.2) is 14.7 Å². The maximum absolute atomic E-state index is 10.4. The third-order valence-corrected chi connectivity index (χ3v) is 4.01. The Hall–Kier alpha value is 0.740. The summed E-state index contributed by atoms with van der Waals surface area (Å²) in [5.74, 6) is 0. The van der Waals surface area contributed by atoms with Gasteiger partial charge in [0.05, 0.1) is 0 Å². The molecule has 0 aromatic carbocycles. The van der Waals surface area contributed by atoms with E-state index in [9.17, 15) is 14.0 Å². The minimum Gasteiger partial charge on any atom is -0.566 e. The lowest BCUT2D eigenvalue weighted by Gasteiger charge is -2.08. The van der Waals surface area contributed by atoms with E-state index in [1.807, 2.05) is 0 Å². The summed E-state index contributed by atoms with van der Waals surface area (Å²) in [5, 5.41) is 0. The van der Waals surface area contributed by atoms with E-state index in [-0.39, 0.29) is 0 Å². The molecule has 0 spiro atoms. The minimum atomic E-state index is -5.02. The number of hydrogen-bond donors (Lipinski definition) is 3. The van der Waals surface area contributed by atoms with Crippen LogP contribution in [0.5, 0.6) is 0 Å². The Morgan fingerprint density at radius 2 is 1.83 bits per heavy atom. The van der Waals surface area contributed by atoms with Gasteiger partial charge in [0.15, 0.2) is 0 Å². The average Bonchev–Trinajstić information content (AvgIpc) is 1.48. The van der Waals surface area contributed by atoms with Gasteiger partial charge < -0.3 is 14.7 Å². The van der Waals surface area contributed by atoms with Crippen molar-refractivity contribution in [2.75, 3.05) is 0 Å². The van der Waals surface area contributed by atoms with E-state index < -0.39 is 22.8 Å². The summed E-state index contributed by atoms with van der Waals surface area (Å²) < 4.78 is 26.9. The smallest absolute Gasteiger partial charge is 0.522 e. The molecule has 0 aliphatic heterocycles. The van der Waals surface area contributed by atoms with Crippen LogP contribution in [0.4, 0.5) is 0 Å². The standard InChI is InChI=1S/H3O8P3S/c1-9(2)7-10(3,4)8-11(5,6)12/h(H,3,4)(H2,5,6,12). The fourth-order valence-corrected chi connectivity index (χ4v) is 3.13. The number of hydrogen-bond acceptors (Lipinski definition) is 6. The third kappa shape index (κ3) is 7.39. The topological polar surface area (TPSA) is 136 Å². The molecule has 0 saturated carbocycles. The van der Waals surface area contributed by atoms with Crippen LogP contribution < -0.4 is 4.89 Å². The molecule has 0 aliphatic carbocycles. The van der Waals surface area contributed by atoms with Gasteiger partial charge in [-0.1, -0.05) is 0 Å². The van der Waals surface area contributed by atoms with Gasteiger partial charge in [0.1, 0.15) is 0 Å². The molecular formula is H3O8P3S. The zero-order chi connectivity index (χ0) is 9.99. The van der Waals surface area contributed by atoms with Crippen molar-refractivity contribution in [1.82, 2.24) is 0 Å². The zero-order valence-electron chi connectivity index (χ0n) is 5.13. The Morgan fingerprint density at radius 1 is 1.42 bits per heavy atom. The van der Waals surface area contributed by atoms with Crippen LogP contribution in [0.3, 0.4) is 0 Å². The zero-order valence-corrected chi connectivity index (χ0v) is 8.63. The highest BCUT2D eigenvalue weighted by molar-refractivity contribution is 8.08. The van der Waals surface area contributed by atoms with E-state index in [0.717, 1.165) is 0 Å². The van der Waals surface area contributed by atoms with Crippen molar-refractivity contribution in [3.05, 3.63) is 0 Å². The fourth-order valence-electron chi connectivity index (χ4n) is 0.234. The number of rotatable bonds is 4. The Balaban J connectivity index is 4.35. The second kappa shape index (κ2) is 4.30. The Morgan fingerprint density at radius 3 is 2.08 bits per heavy atom. The predicted octanol–water partition coefficient (Wildman–Crippen LogP) is -0.653. The van der Waals surface area contributed by atoms with Crippen LogP contribution >= 0.6 is 22.8 Å². The van der Waals surface area contributed by atoms with Crippen molar-refractivity contribution in [2.45, 2.75) is 0 Å². The summed E-state index contributed by atoms with van der Waals surface area (Å²) in [4.78, 5) is 34.7. The molecule has 2 atom stereocenters. The molecule has 3 N–H and O–H groups in total. The lowest BCUT2D eigenvalue weighted by molar-refractivity contribution is -0.179. The van der Waals surface area contributed by atoms with Crippen LogP contribution in [0.1, 0.15) is 0 Å². The monoisotopic (exact) mass is 256 g/mol. The molecule has 12 heteroatoms. The van der Waals surface area contributed by atoms with Gasteiger partial charge in [0.2, 0.25) is 0 Å². The average molecular weight is 256 g/mol. The van der Waals surface area contributed by atoms with E-state index in [2.05, 4.69) is 20.4 Å². The van der Waals surface area contributed by atoms with Gasteiger partial charge in [0.25, 0.3) is 0 Å². The molecule has 2 unspecified atom stereocenters. The highest BCUT2D eigenvalue weighted by Crippen LogP contribution is 2.60. The molecule has 0 bridgehead atoms. The predicted molar refractivity (Wildman–Crippen MR) is 38.3 cm³/mol. The van der Waals surface area contributed by atoms with Crippen molar-refractivity contribution in [3.8, 4) is 0 Å². The molecule has 0 aromatic heterocycles. The molecule has 0 amide bonds. The van der Waals surface area contributed by atoms with E-state index in [1.165, 1.54) is 0 Å². The Bertz CT molecular complexity index is 261. The van der Waals surface area contributed by atoms with Gasteiger partial charge in [-0.2, -0.15) is 0 Å². The van der Waals surface area contributed by atoms with E-state index in [0.29, 0.717) is 0 Å². The molecule has 0 fully saturated rings. The molecule has 0 aliphatic rings. The van der Waals surface area contributed by atoms with Crippen molar-refractivity contribution < 1.29 is 37.3 Å². The summed E-state index contributed by atoms with van der Waals surface area (Å²) >= 11 is 3.78. The molecule has 8 nitrogen and oxygen atoms in total. The van der Waals surface area contributed by atoms with Crippen LogP contribution in [0.25, 0.3) is 0 Å². The van der Waals surface area contributed by atoms with Gasteiger partial charge in [-0.15, -0.1) is 0 Å². The quantitative estimate of drug-likeness (QED) is 0.560. The summed E-state index contributed by atoms with van der Waals surface area (Å²) in [7, 11) is -8.65. The molecule has 0 heterocycles. The molecule has 0 aromatic rings. The van der Waals surface area contributed by atoms with Gasteiger partial charge in [-0.05, 0) is 20.7 Å². The van der Waals surface area contributed by atoms with E-state index >= 15 is 0 Å². The molecular weight excluding hydrogens is 253 g/mol. The largest absolute Gasteiger partial charge is 0.566 e. The first-order valence-corrected chi connectivity index (χ1v) is 7.28. The SMILES string of the molecule is O=[P+]([O-])OP(=O)(O)OP(O)(O)=S. The van der Waals surface area contributed by atoms with Crippen molar-refractivity contribution in [3.63, 3.8) is 0 Å². The molecule has 12 heavy (non-hydrogen) atoms. The lowest BCUT2D eigenvalue weighted by Crippen LogP contribution is -1.93. The van der Waals surface area contributed by atoms with Gasteiger partial charge in [-0.3, -0.25) is 4.89 Å². The van der Waals surface area contributed by atoms with Crippen LogP contribution in [0.2, 0.25) is 0 Å². The molecule has 0 saturated heterocycles. The Kier molecular flexibility index (Phi) is 4.57. The maximum Gasteiger partial charge on any atom is 0.522 e. The molecule has 0 rings (SSSR count). The highest BCUT2D eigenvalue weighted by Gasteiger charge is 2.35. The van der Waals surface area contributed by atoms with Gasteiger partial charge in [0, 0.05) is 0 Å². The van der Waals surface area contributed by atoms with Gasteiger partial charge >= 0.3 is 22.8 Å². The van der Waals surface area contributed by atoms with Crippen LogP contribution in [0, 0.1) is 0 Å². The summed E-state index contributed by atoms with van der Waals surface area (Å²) in [6.45, 7) is -4.42. The first-order chi connectivity index (χ1) is 5.12. The van der Waals surface area contributed by atoms with E-state index in [1.54, 1.807) is 0 Å². The van der Waals surface area contributed by atoms with E-state index in [4.69, 9.17) is 14.7 Å². The summed E-state index contributed by atoms with van der Waals surface area (Å²) in [6.07, 6.45) is 0. The van der Waals surface area contributed by atoms with Crippen molar-refractivity contribution in [2.24, 2.45) is 0 Å².